The summed E-state index contributed by atoms with van der Waals surface area (Å²) in [7, 11) is 3.09. The minimum atomic E-state index is -0.875. The summed E-state index contributed by atoms with van der Waals surface area (Å²) in [6, 6.07) is 5.15. The van der Waals surface area contributed by atoms with Crippen molar-refractivity contribution in [1.29, 1.82) is 0 Å². The lowest BCUT2D eigenvalue weighted by Crippen LogP contribution is -2.37. The van der Waals surface area contributed by atoms with Gasteiger partial charge in [0.15, 0.2) is 0 Å². The van der Waals surface area contributed by atoms with Crippen LogP contribution >= 0.6 is 0 Å². The second kappa shape index (κ2) is 7.15. The number of nitrogens with zero attached hydrogens (tertiary/aromatic N) is 1. The van der Waals surface area contributed by atoms with E-state index in [0.29, 0.717) is 23.6 Å². The molecule has 2 rings (SSSR count). The van der Waals surface area contributed by atoms with Crippen molar-refractivity contribution >= 4 is 11.9 Å². The Morgan fingerprint density at radius 2 is 1.91 bits per heavy atom. The molecule has 1 amide bonds. The minimum absolute atomic E-state index is 0.00516. The normalized spacial score (nSPS) is 17.4. The van der Waals surface area contributed by atoms with Crippen molar-refractivity contribution in [2.45, 2.75) is 31.7 Å². The number of carboxylic acid groups (broad SMARTS) is 1. The molecule has 1 aliphatic heterocycles. The third-order valence-corrected chi connectivity index (χ3v) is 3.97. The van der Waals surface area contributed by atoms with Crippen LogP contribution in [0.15, 0.2) is 18.2 Å². The van der Waals surface area contributed by atoms with Gasteiger partial charge in [0, 0.05) is 18.2 Å². The average molecular weight is 307 g/mol. The van der Waals surface area contributed by atoms with E-state index in [1.54, 1.807) is 37.3 Å². The first-order valence-electron chi connectivity index (χ1n) is 7.28. The van der Waals surface area contributed by atoms with Gasteiger partial charge in [-0.3, -0.25) is 9.59 Å². The highest BCUT2D eigenvalue weighted by atomic mass is 16.5. The van der Waals surface area contributed by atoms with Gasteiger partial charge in [-0.1, -0.05) is 6.07 Å². The molecule has 0 bridgehead atoms. The summed E-state index contributed by atoms with van der Waals surface area (Å²) in [5, 5.41) is 8.95. The van der Waals surface area contributed by atoms with Gasteiger partial charge < -0.3 is 19.5 Å². The molecule has 0 radical (unpaired) electrons. The summed E-state index contributed by atoms with van der Waals surface area (Å²) in [4.78, 5) is 25.1. The van der Waals surface area contributed by atoms with E-state index >= 15 is 0 Å². The van der Waals surface area contributed by atoms with Crippen molar-refractivity contribution in [1.82, 2.24) is 4.90 Å². The van der Waals surface area contributed by atoms with Crippen molar-refractivity contribution in [2.24, 2.45) is 0 Å². The Labute approximate surface area is 129 Å². The van der Waals surface area contributed by atoms with Crippen LogP contribution in [-0.4, -0.2) is 48.7 Å². The number of carboxylic acids is 1. The fourth-order valence-electron chi connectivity index (χ4n) is 2.93. The molecule has 1 saturated heterocycles. The number of amides is 1. The molecule has 1 N–H and O–H groups in total. The third-order valence-electron chi connectivity index (χ3n) is 3.97. The van der Waals surface area contributed by atoms with Crippen LogP contribution in [0.1, 0.15) is 24.8 Å². The highest BCUT2D eigenvalue weighted by Crippen LogP contribution is 2.30. The summed E-state index contributed by atoms with van der Waals surface area (Å²) in [6.45, 7) is 0.605. The monoisotopic (exact) mass is 307 g/mol. The van der Waals surface area contributed by atoms with Gasteiger partial charge in [0.2, 0.25) is 5.91 Å². The summed E-state index contributed by atoms with van der Waals surface area (Å²) in [5.74, 6) is 0.231. The number of rotatable bonds is 6. The molecule has 0 saturated carbocycles. The molecule has 1 atom stereocenters. The molecule has 1 unspecified atom stereocenters. The lowest BCUT2D eigenvalue weighted by molar-refractivity contribution is -0.139. The summed E-state index contributed by atoms with van der Waals surface area (Å²) < 4.78 is 10.6. The second-order valence-electron chi connectivity index (χ2n) is 5.30. The second-order valence-corrected chi connectivity index (χ2v) is 5.30. The van der Waals surface area contributed by atoms with Gasteiger partial charge in [-0.25, -0.2) is 0 Å². The van der Waals surface area contributed by atoms with Crippen LogP contribution in [0.4, 0.5) is 0 Å². The molecule has 1 aliphatic rings. The van der Waals surface area contributed by atoms with Gasteiger partial charge in [0.1, 0.15) is 11.5 Å². The molecular weight excluding hydrogens is 286 g/mol. The fourth-order valence-corrected chi connectivity index (χ4v) is 2.93. The maximum atomic E-state index is 12.6. The van der Waals surface area contributed by atoms with E-state index in [0.717, 1.165) is 12.8 Å². The highest BCUT2D eigenvalue weighted by Gasteiger charge is 2.31. The molecule has 6 nitrogen and oxygen atoms in total. The summed E-state index contributed by atoms with van der Waals surface area (Å²) in [6.07, 6.45) is 1.71. The van der Waals surface area contributed by atoms with Crippen LogP contribution in [0.5, 0.6) is 11.5 Å². The van der Waals surface area contributed by atoms with E-state index in [-0.39, 0.29) is 24.8 Å². The predicted molar refractivity (Wildman–Crippen MR) is 80.2 cm³/mol. The molecule has 0 spiro atoms. The van der Waals surface area contributed by atoms with Crippen LogP contribution in [0.25, 0.3) is 0 Å². The number of likely N-dealkylation sites (tertiary alicyclic amines) is 1. The van der Waals surface area contributed by atoms with Crippen LogP contribution < -0.4 is 9.47 Å². The van der Waals surface area contributed by atoms with Gasteiger partial charge in [-0.2, -0.15) is 0 Å². The van der Waals surface area contributed by atoms with Crippen LogP contribution in [-0.2, 0) is 16.0 Å². The van der Waals surface area contributed by atoms with E-state index in [9.17, 15) is 9.59 Å². The summed E-state index contributed by atoms with van der Waals surface area (Å²) >= 11 is 0. The molecule has 0 aliphatic carbocycles. The first kappa shape index (κ1) is 16.1. The number of carbonyl (C=O) groups excluding carboxylic acids is 1. The van der Waals surface area contributed by atoms with Crippen LogP contribution in [0.3, 0.4) is 0 Å². The van der Waals surface area contributed by atoms with Gasteiger partial charge in [-0.15, -0.1) is 0 Å². The van der Waals surface area contributed by atoms with E-state index in [2.05, 4.69) is 0 Å². The average Bonchev–Trinajstić information content (AvgIpc) is 2.94. The summed E-state index contributed by atoms with van der Waals surface area (Å²) in [5.41, 5.74) is 0.693. The smallest absolute Gasteiger partial charge is 0.305 e. The topological polar surface area (TPSA) is 76.1 Å². The van der Waals surface area contributed by atoms with Crippen molar-refractivity contribution in [2.75, 3.05) is 20.8 Å². The van der Waals surface area contributed by atoms with E-state index in [1.165, 1.54) is 0 Å². The zero-order chi connectivity index (χ0) is 16.1. The van der Waals surface area contributed by atoms with Crippen LogP contribution in [0, 0.1) is 0 Å². The molecule has 6 heteroatoms. The van der Waals surface area contributed by atoms with Crippen molar-refractivity contribution < 1.29 is 24.2 Å². The predicted octanol–water partition coefficient (Wildman–Crippen LogP) is 1.71. The first-order chi connectivity index (χ1) is 10.6. The van der Waals surface area contributed by atoms with Gasteiger partial charge in [0.25, 0.3) is 0 Å². The number of aliphatic carboxylic acids is 1. The molecule has 1 fully saturated rings. The lowest BCUT2D eigenvalue weighted by atomic mass is 10.1. The number of hydrogen-bond donors (Lipinski definition) is 1. The van der Waals surface area contributed by atoms with Crippen molar-refractivity contribution in [3.8, 4) is 11.5 Å². The Morgan fingerprint density at radius 3 is 2.45 bits per heavy atom. The van der Waals surface area contributed by atoms with E-state index in [1.807, 2.05) is 0 Å². The fraction of sp³-hybridized carbons (Fsp3) is 0.500. The van der Waals surface area contributed by atoms with E-state index in [4.69, 9.17) is 14.6 Å². The van der Waals surface area contributed by atoms with Crippen LogP contribution in [0.2, 0.25) is 0 Å². The number of benzene rings is 1. The molecule has 22 heavy (non-hydrogen) atoms. The Kier molecular flexibility index (Phi) is 5.25. The van der Waals surface area contributed by atoms with Gasteiger partial charge in [0.05, 0.1) is 27.1 Å². The molecule has 1 aromatic carbocycles. The first-order valence-corrected chi connectivity index (χ1v) is 7.28. The SMILES string of the molecule is COc1cccc(OC)c1CC(=O)N1CCCC1CC(=O)O. The third kappa shape index (κ3) is 3.50. The molecule has 1 heterocycles. The Balaban J connectivity index is 2.16. The molecule has 1 aromatic rings. The number of ether oxygens (including phenoxy) is 2. The van der Waals surface area contributed by atoms with Crippen molar-refractivity contribution in [3.05, 3.63) is 23.8 Å². The number of hydrogen-bond acceptors (Lipinski definition) is 4. The van der Waals surface area contributed by atoms with Gasteiger partial charge in [-0.05, 0) is 25.0 Å². The van der Waals surface area contributed by atoms with Gasteiger partial charge >= 0.3 is 5.97 Å². The maximum absolute atomic E-state index is 12.6. The highest BCUT2D eigenvalue weighted by molar-refractivity contribution is 5.81. The van der Waals surface area contributed by atoms with Crippen molar-refractivity contribution in [3.63, 3.8) is 0 Å². The zero-order valence-corrected chi connectivity index (χ0v) is 12.9. The largest absolute Gasteiger partial charge is 0.496 e. The lowest BCUT2D eigenvalue weighted by Gasteiger charge is -2.24. The zero-order valence-electron chi connectivity index (χ0n) is 12.9. The standard InChI is InChI=1S/C16H21NO5/c1-21-13-6-3-7-14(22-2)12(13)10-15(18)17-8-4-5-11(17)9-16(19)20/h3,6-7,11H,4-5,8-10H2,1-2H3,(H,19,20). The molecule has 120 valence electrons. The quantitative estimate of drug-likeness (QED) is 0.866. The van der Waals surface area contributed by atoms with E-state index < -0.39 is 5.97 Å². The number of carbonyl (C=O) groups is 2. The minimum Gasteiger partial charge on any atom is -0.496 e. The Morgan fingerprint density at radius 1 is 1.27 bits per heavy atom. The Bertz CT molecular complexity index is 535. The molecule has 0 aromatic heterocycles. The Hall–Kier alpha value is -2.24. The number of methoxy groups -OCH3 is 2. The molecular formula is C16H21NO5. The maximum Gasteiger partial charge on any atom is 0.305 e.